The Hall–Kier alpha value is -2.39. The van der Waals surface area contributed by atoms with Gasteiger partial charge in [0.25, 0.3) is 0 Å². The molecule has 1 unspecified atom stereocenters. The van der Waals surface area contributed by atoms with Crippen molar-refractivity contribution in [2.24, 2.45) is 0 Å². The van der Waals surface area contributed by atoms with Gasteiger partial charge in [0.05, 0.1) is 0 Å². The zero-order valence-corrected chi connectivity index (χ0v) is 13.8. The van der Waals surface area contributed by atoms with Crippen molar-refractivity contribution in [1.82, 2.24) is 0 Å². The van der Waals surface area contributed by atoms with Crippen molar-refractivity contribution in [1.29, 1.82) is 0 Å². The minimum atomic E-state index is -2.08. The van der Waals surface area contributed by atoms with Crippen LogP contribution < -0.4 is 4.74 Å². The maximum atomic E-state index is 12.9. The standard InChI is InChI=1S/C20H19O2S/c1-23(21,20-10-6-3-7-11-20)16-17-12-14-19(15-13-17)22-18-8-4-2-5-9-18/h2-15H,16H2,1H3/q+1. The van der Waals surface area contributed by atoms with Gasteiger partial charge in [-0.25, -0.2) is 0 Å². The van der Waals surface area contributed by atoms with Gasteiger partial charge >= 0.3 is 0 Å². The maximum Gasteiger partial charge on any atom is 0.158 e. The van der Waals surface area contributed by atoms with E-state index in [0.717, 1.165) is 22.0 Å². The molecule has 0 aromatic heterocycles. The molecule has 0 radical (unpaired) electrons. The van der Waals surface area contributed by atoms with Crippen LogP contribution in [0.15, 0.2) is 89.8 Å². The molecule has 3 aromatic rings. The van der Waals surface area contributed by atoms with Crippen molar-refractivity contribution in [3.63, 3.8) is 0 Å². The molecule has 0 fully saturated rings. The summed E-state index contributed by atoms with van der Waals surface area (Å²) in [5, 5.41) is 0. The molecule has 0 bridgehead atoms. The normalized spacial score (nSPS) is 13.3. The highest BCUT2D eigenvalue weighted by Gasteiger charge is 2.24. The monoisotopic (exact) mass is 323 g/mol. The number of hydrogen-bond donors (Lipinski definition) is 0. The average molecular weight is 323 g/mol. The van der Waals surface area contributed by atoms with Gasteiger partial charge in [0.2, 0.25) is 0 Å². The quantitative estimate of drug-likeness (QED) is 0.606. The molecule has 0 aliphatic rings. The Morgan fingerprint density at radius 1 is 0.739 bits per heavy atom. The molecule has 3 heteroatoms. The second kappa shape index (κ2) is 6.80. The Bertz CT molecular complexity index is 796. The third-order valence-electron chi connectivity index (χ3n) is 3.59. The fourth-order valence-corrected chi connectivity index (χ4v) is 4.12. The number of para-hydroxylation sites is 1. The first-order chi connectivity index (χ1) is 11.1. The molecule has 0 aliphatic carbocycles. The third kappa shape index (κ3) is 4.08. The van der Waals surface area contributed by atoms with Gasteiger partial charge in [0.1, 0.15) is 33.4 Å². The molecule has 0 heterocycles. The van der Waals surface area contributed by atoms with Crippen LogP contribution in [0.2, 0.25) is 0 Å². The van der Waals surface area contributed by atoms with Gasteiger partial charge in [-0.1, -0.05) is 52.7 Å². The lowest BCUT2D eigenvalue weighted by molar-refractivity contribution is 0.482. The van der Waals surface area contributed by atoms with Crippen LogP contribution in [-0.2, 0) is 19.9 Å². The molecule has 3 rings (SSSR count). The van der Waals surface area contributed by atoms with Gasteiger partial charge in [-0.15, -0.1) is 0 Å². The Kier molecular flexibility index (Phi) is 4.58. The lowest BCUT2D eigenvalue weighted by Crippen LogP contribution is -2.11. The summed E-state index contributed by atoms with van der Waals surface area (Å²) in [6.45, 7) is 0. The Balaban J connectivity index is 1.71. The molecular weight excluding hydrogens is 304 g/mol. The number of ether oxygens (including phenoxy) is 1. The summed E-state index contributed by atoms with van der Waals surface area (Å²) in [7, 11) is -2.08. The van der Waals surface area contributed by atoms with Crippen LogP contribution in [0.1, 0.15) is 5.56 Å². The molecule has 3 aromatic carbocycles. The van der Waals surface area contributed by atoms with Crippen LogP contribution >= 0.6 is 0 Å². The zero-order chi connectivity index (χ0) is 16.1. The van der Waals surface area contributed by atoms with Crippen LogP contribution in [0.4, 0.5) is 0 Å². The Labute approximate surface area is 138 Å². The van der Waals surface area contributed by atoms with E-state index in [1.165, 1.54) is 0 Å². The van der Waals surface area contributed by atoms with Gasteiger partial charge in [0.15, 0.2) is 4.90 Å². The molecule has 1 atom stereocenters. The Morgan fingerprint density at radius 3 is 1.87 bits per heavy atom. The highest BCUT2D eigenvalue weighted by Crippen LogP contribution is 2.25. The topological polar surface area (TPSA) is 26.3 Å². The number of benzene rings is 3. The number of rotatable bonds is 5. The molecule has 0 spiro atoms. The van der Waals surface area contributed by atoms with Gasteiger partial charge in [-0.3, -0.25) is 0 Å². The molecule has 2 nitrogen and oxygen atoms in total. The van der Waals surface area contributed by atoms with Crippen molar-refractivity contribution in [2.45, 2.75) is 10.6 Å². The van der Waals surface area contributed by atoms with E-state index in [2.05, 4.69) is 0 Å². The molecule has 23 heavy (non-hydrogen) atoms. The fraction of sp³-hybridized carbons (Fsp3) is 0.100. The van der Waals surface area contributed by atoms with E-state index < -0.39 is 9.93 Å². The summed E-state index contributed by atoms with van der Waals surface area (Å²) in [6, 6.07) is 27.1. The van der Waals surface area contributed by atoms with Crippen molar-refractivity contribution < 1.29 is 8.95 Å². The van der Waals surface area contributed by atoms with E-state index in [4.69, 9.17) is 4.74 Å². The van der Waals surface area contributed by atoms with Crippen molar-refractivity contribution >= 4 is 9.93 Å². The SMILES string of the molecule is C[S+](=O)(Cc1ccc(Oc2ccccc2)cc1)c1ccccc1. The van der Waals surface area contributed by atoms with Crippen molar-refractivity contribution in [2.75, 3.05) is 6.26 Å². The van der Waals surface area contributed by atoms with Gasteiger partial charge < -0.3 is 4.74 Å². The second-order valence-corrected chi connectivity index (χ2v) is 8.29. The summed E-state index contributed by atoms with van der Waals surface area (Å²) in [6.07, 6.45) is 1.82. The van der Waals surface area contributed by atoms with Gasteiger partial charge in [-0.2, -0.15) is 0 Å². The predicted molar refractivity (Wildman–Crippen MR) is 95.3 cm³/mol. The zero-order valence-electron chi connectivity index (χ0n) is 13.0. The van der Waals surface area contributed by atoms with Gasteiger partial charge in [0, 0.05) is 5.56 Å². The molecular formula is C20H19O2S+. The molecule has 0 N–H and O–H groups in total. The first-order valence-electron chi connectivity index (χ1n) is 7.47. The second-order valence-electron chi connectivity index (χ2n) is 5.52. The van der Waals surface area contributed by atoms with E-state index in [1.54, 1.807) is 0 Å². The summed E-state index contributed by atoms with van der Waals surface area (Å²) >= 11 is 0. The largest absolute Gasteiger partial charge is 0.457 e. The highest BCUT2D eigenvalue weighted by molar-refractivity contribution is 8.01. The van der Waals surface area contributed by atoms with E-state index in [9.17, 15) is 4.21 Å². The number of hydrogen-bond acceptors (Lipinski definition) is 2. The maximum absolute atomic E-state index is 12.9. The summed E-state index contributed by atoms with van der Waals surface area (Å²) < 4.78 is 18.7. The first kappa shape index (κ1) is 15.5. The van der Waals surface area contributed by atoms with Crippen LogP contribution in [-0.4, -0.2) is 6.26 Å². The smallest absolute Gasteiger partial charge is 0.158 e. The summed E-state index contributed by atoms with van der Waals surface area (Å²) in [5.41, 5.74) is 1.04. The van der Waals surface area contributed by atoms with E-state index in [1.807, 2.05) is 91.2 Å². The molecule has 0 aliphatic heterocycles. The van der Waals surface area contributed by atoms with E-state index >= 15 is 0 Å². The fourth-order valence-electron chi connectivity index (χ4n) is 2.39. The molecule has 0 amide bonds. The average Bonchev–Trinajstić information content (AvgIpc) is 2.58. The minimum Gasteiger partial charge on any atom is -0.457 e. The molecule has 116 valence electrons. The van der Waals surface area contributed by atoms with Gasteiger partial charge in [-0.05, 0) is 36.4 Å². The van der Waals surface area contributed by atoms with Crippen LogP contribution in [0.25, 0.3) is 0 Å². The predicted octanol–water partition coefficient (Wildman–Crippen LogP) is 5.17. The van der Waals surface area contributed by atoms with E-state index in [0.29, 0.717) is 5.75 Å². The van der Waals surface area contributed by atoms with Crippen molar-refractivity contribution in [3.8, 4) is 11.5 Å². The minimum absolute atomic E-state index is 0.530. The highest BCUT2D eigenvalue weighted by atomic mass is 32.2. The first-order valence-corrected chi connectivity index (χ1v) is 9.61. The lowest BCUT2D eigenvalue weighted by atomic mass is 10.2. The van der Waals surface area contributed by atoms with Crippen LogP contribution in [0.5, 0.6) is 11.5 Å². The molecule has 0 saturated carbocycles. The summed E-state index contributed by atoms with van der Waals surface area (Å²) in [4.78, 5) is 0.893. The lowest BCUT2D eigenvalue weighted by Gasteiger charge is -2.09. The van der Waals surface area contributed by atoms with E-state index in [-0.39, 0.29) is 0 Å². The van der Waals surface area contributed by atoms with Crippen LogP contribution in [0, 0.1) is 0 Å². The third-order valence-corrected chi connectivity index (χ3v) is 5.74. The van der Waals surface area contributed by atoms with Crippen LogP contribution in [0.3, 0.4) is 0 Å². The molecule has 0 saturated heterocycles. The Morgan fingerprint density at radius 2 is 1.26 bits per heavy atom. The van der Waals surface area contributed by atoms with Crippen molar-refractivity contribution in [3.05, 3.63) is 90.5 Å². The summed E-state index contributed by atoms with van der Waals surface area (Å²) in [5.74, 6) is 2.12.